The van der Waals surface area contributed by atoms with Crippen LogP contribution in [0.4, 0.5) is 0 Å². The first-order chi connectivity index (χ1) is 12.1. The lowest BCUT2D eigenvalue weighted by Crippen LogP contribution is -2.44. The highest BCUT2D eigenvalue weighted by Gasteiger charge is 2.24. The zero-order valence-electron chi connectivity index (χ0n) is 15.4. The van der Waals surface area contributed by atoms with Gasteiger partial charge in [-0.1, -0.05) is 26.0 Å². The summed E-state index contributed by atoms with van der Waals surface area (Å²) in [7, 11) is 1.80. The van der Waals surface area contributed by atoms with E-state index < -0.39 is 0 Å². The van der Waals surface area contributed by atoms with Crippen molar-refractivity contribution in [3.05, 3.63) is 46.2 Å². The molecular weight excluding hydrogens is 461 g/mol. The van der Waals surface area contributed by atoms with Crippen molar-refractivity contribution in [1.82, 2.24) is 10.6 Å². The van der Waals surface area contributed by atoms with Gasteiger partial charge in [-0.15, -0.1) is 35.3 Å². The Morgan fingerprint density at radius 2 is 2.00 bits per heavy atom. The molecule has 0 spiro atoms. The summed E-state index contributed by atoms with van der Waals surface area (Å²) in [6, 6.07) is 10.4. The minimum absolute atomic E-state index is 0. The Hall–Kier alpha value is -1.48. The first kappa shape index (κ1) is 20.8. The first-order valence-electron chi connectivity index (χ1n) is 8.45. The minimum Gasteiger partial charge on any atom is -0.454 e. The van der Waals surface area contributed by atoms with Crippen molar-refractivity contribution >= 4 is 41.3 Å². The predicted molar refractivity (Wildman–Crippen MR) is 118 cm³/mol. The maximum atomic E-state index is 5.49. The van der Waals surface area contributed by atoms with Crippen LogP contribution in [0.2, 0.25) is 0 Å². The third-order valence-corrected chi connectivity index (χ3v) is 5.26. The van der Waals surface area contributed by atoms with Gasteiger partial charge in [0.15, 0.2) is 17.5 Å². The van der Waals surface area contributed by atoms with E-state index in [0.29, 0.717) is 6.79 Å². The predicted octanol–water partition coefficient (Wildman–Crippen LogP) is 3.78. The Morgan fingerprint density at radius 1 is 1.19 bits per heavy atom. The van der Waals surface area contributed by atoms with E-state index >= 15 is 0 Å². The second-order valence-electron chi connectivity index (χ2n) is 6.63. The van der Waals surface area contributed by atoms with Gasteiger partial charge in [0.05, 0.1) is 0 Å². The molecule has 0 fully saturated rings. The molecule has 0 amide bonds. The van der Waals surface area contributed by atoms with Crippen molar-refractivity contribution in [2.45, 2.75) is 25.7 Å². The summed E-state index contributed by atoms with van der Waals surface area (Å²) < 4.78 is 10.9. The first-order valence-corrected chi connectivity index (χ1v) is 9.33. The number of thiophene rings is 1. The summed E-state index contributed by atoms with van der Waals surface area (Å²) in [6.45, 7) is 6.35. The smallest absolute Gasteiger partial charge is 0.231 e. The fourth-order valence-corrected chi connectivity index (χ4v) is 3.41. The molecule has 3 rings (SSSR count). The number of hydrogen-bond acceptors (Lipinski definition) is 4. The zero-order valence-corrected chi connectivity index (χ0v) is 18.5. The average Bonchev–Trinajstić information content (AvgIpc) is 3.28. The fraction of sp³-hybridized carbons (Fsp3) is 0.421. The number of ether oxygens (including phenoxy) is 2. The van der Waals surface area contributed by atoms with E-state index in [0.717, 1.165) is 37.0 Å². The van der Waals surface area contributed by atoms with E-state index in [1.165, 1.54) is 10.4 Å². The molecule has 1 aromatic carbocycles. The van der Waals surface area contributed by atoms with Gasteiger partial charge >= 0.3 is 0 Å². The highest BCUT2D eigenvalue weighted by molar-refractivity contribution is 14.0. The van der Waals surface area contributed by atoms with Crippen LogP contribution in [-0.4, -0.2) is 32.9 Å². The van der Waals surface area contributed by atoms with E-state index in [4.69, 9.17) is 9.47 Å². The summed E-state index contributed by atoms with van der Waals surface area (Å²) in [5, 5.41) is 8.91. The molecule has 7 heteroatoms. The number of aliphatic imine (C=N–C) groups is 1. The molecule has 0 saturated heterocycles. The molecule has 2 aromatic rings. The van der Waals surface area contributed by atoms with Crippen LogP contribution < -0.4 is 20.1 Å². The van der Waals surface area contributed by atoms with Crippen molar-refractivity contribution < 1.29 is 9.47 Å². The number of rotatable bonds is 6. The Morgan fingerprint density at radius 3 is 2.73 bits per heavy atom. The zero-order chi connectivity index (χ0) is 17.7. The lowest BCUT2D eigenvalue weighted by atomic mass is 9.84. The molecule has 0 aliphatic carbocycles. The number of nitrogens with one attached hydrogen (secondary N) is 2. The van der Waals surface area contributed by atoms with Gasteiger partial charge in [-0.3, -0.25) is 4.99 Å². The van der Waals surface area contributed by atoms with Crippen LogP contribution in [0.1, 0.15) is 24.3 Å². The van der Waals surface area contributed by atoms with Crippen molar-refractivity contribution in [2.75, 3.05) is 26.9 Å². The highest BCUT2D eigenvalue weighted by atomic mass is 127. The standard InChI is InChI=1S/C19H25N3O2S.HI/c1-19(2,14-6-7-16-17(11-14)24-13-23-16)12-22-18(20-3)21-9-8-15-5-4-10-25-15;/h4-7,10-11H,8-9,12-13H2,1-3H3,(H2,20,21,22);1H. The Labute approximate surface area is 176 Å². The molecule has 0 unspecified atom stereocenters. The van der Waals surface area contributed by atoms with Gasteiger partial charge in [0.25, 0.3) is 0 Å². The molecule has 2 heterocycles. The van der Waals surface area contributed by atoms with Crippen LogP contribution in [0.5, 0.6) is 11.5 Å². The number of nitrogens with zero attached hydrogens (tertiary/aromatic N) is 1. The van der Waals surface area contributed by atoms with E-state index in [9.17, 15) is 0 Å². The lowest BCUT2D eigenvalue weighted by Gasteiger charge is -2.27. The lowest BCUT2D eigenvalue weighted by molar-refractivity contribution is 0.174. The van der Waals surface area contributed by atoms with Crippen molar-refractivity contribution in [3.8, 4) is 11.5 Å². The summed E-state index contributed by atoms with van der Waals surface area (Å²) in [5.41, 5.74) is 1.14. The van der Waals surface area contributed by atoms with Crippen molar-refractivity contribution in [2.24, 2.45) is 4.99 Å². The molecule has 2 N–H and O–H groups in total. The Kier molecular flexibility index (Phi) is 7.57. The van der Waals surface area contributed by atoms with Gasteiger partial charge in [-0.2, -0.15) is 0 Å². The second-order valence-corrected chi connectivity index (χ2v) is 7.67. The number of fused-ring (bicyclic) bond motifs is 1. The van der Waals surface area contributed by atoms with Crippen LogP contribution in [0, 0.1) is 0 Å². The van der Waals surface area contributed by atoms with Gasteiger partial charge in [-0.25, -0.2) is 0 Å². The van der Waals surface area contributed by atoms with Gasteiger partial charge in [0.2, 0.25) is 6.79 Å². The topological polar surface area (TPSA) is 54.9 Å². The quantitative estimate of drug-likeness (QED) is 0.370. The fourth-order valence-electron chi connectivity index (χ4n) is 2.70. The summed E-state index contributed by atoms with van der Waals surface area (Å²) >= 11 is 1.78. The van der Waals surface area contributed by atoms with E-state index in [1.807, 2.05) is 6.07 Å². The molecule has 0 saturated carbocycles. The average molecular weight is 487 g/mol. The molecule has 0 bridgehead atoms. The van der Waals surface area contributed by atoms with E-state index in [-0.39, 0.29) is 29.4 Å². The molecule has 0 radical (unpaired) electrons. The summed E-state index contributed by atoms with van der Waals surface area (Å²) in [6.07, 6.45) is 1.00. The van der Waals surface area contributed by atoms with Crippen LogP contribution in [0.3, 0.4) is 0 Å². The maximum Gasteiger partial charge on any atom is 0.231 e. The SMILES string of the molecule is CN=C(NCCc1cccs1)NCC(C)(C)c1ccc2c(c1)OCO2.I. The highest BCUT2D eigenvalue weighted by Crippen LogP contribution is 2.36. The third kappa shape index (κ3) is 5.26. The maximum absolute atomic E-state index is 5.49. The molecule has 142 valence electrons. The van der Waals surface area contributed by atoms with Crippen molar-refractivity contribution in [1.29, 1.82) is 0 Å². The molecule has 1 aromatic heterocycles. The van der Waals surface area contributed by atoms with E-state index in [2.05, 4.69) is 59.1 Å². The third-order valence-electron chi connectivity index (χ3n) is 4.32. The van der Waals surface area contributed by atoms with Crippen LogP contribution in [0.25, 0.3) is 0 Å². The largest absolute Gasteiger partial charge is 0.454 e. The van der Waals surface area contributed by atoms with Gasteiger partial charge < -0.3 is 20.1 Å². The molecule has 0 atom stereocenters. The molecular formula is C19H26IN3O2S. The normalized spacial score (nSPS) is 13.3. The number of guanidine groups is 1. The summed E-state index contributed by atoms with van der Waals surface area (Å²) in [4.78, 5) is 5.69. The number of hydrogen-bond donors (Lipinski definition) is 2. The Bertz CT molecular complexity index is 732. The van der Waals surface area contributed by atoms with Gasteiger partial charge in [0.1, 0.15) is 0 Å². The molecule has 5 nitrogen and oxygen atoms in total. The number of halogens is 1. The van der Waals surface area contributed by atoms with Crippen LogP contribution >= 0.6 is 35.3 Å². The van der Waals surface area contributed by atoms with Crippen LogP contribution in [0.15, 0.2) is 40.7 Å². The number of benzene rings is 1. The Balaban J connectivity index is 0.00000243. The van der Waals surface area contributed by atoms with Gasteiger partial charge in [0, 0.05) is 30.4 Å². The van der Waals surface area contributed by atoms with Crippen molar-refractivity contribution in [3.63, 3.8) is 0 Å². The molecule has 1 aliphatic heterocycles. The molecule has 26 heavy (non-hydrogen) atoms. The monoisotopic (exact) mass is 487 g/mol. The summed E-state index contributed by atoms with van der Waals surface area (Å²) in [5.74, 6) is 2.47. The second kappa shape index (κ2) is 9.45. The van der Waals surface area contributed by atoms with E-state index in [1.54, 1.807) is 18.4 Å². The van der Waals surface area contributed by atoms with Gasteiger partial charge in [-0.05, 0) is 35.6 Å². The van der Waals surface area contributed by atoms with Crippen LogP contribution in [-0.2, 0) is 11.8 Å². The minimum atomic E-state index is -0.0631. The molecule has 1 aliphatic rings.